The monoisotopic (exact) mass is 452 g/mol. The molecule has 5 rings (SSSR count). The number of benzene rings is 1. The molecule has 32 heavy (non-hydrogen) atoms. The molecular weight excluding hydrogens is 432 g/mol. The Morgan fingerprint density at radius 3 is 2.41 bits per heavy atom. The van der Waals surface area contributed by atoms with Gasteiger partial charge in [0.15, 0.2) is 0 Å². The summed E-state index contributed by atoms with van der Waals surface area (Å²) in [7, 11) is 0. The number of carbonyl (C=O) groups excluding carboxylic acids is 1. The van der Waals surface area contributed by atoms with Crippen molar-refractivity contribution in [3.05, 3.63) is 41.8 Å². The molecule has 1 aromatic heterocycles. The molecule has 0 bridgehead atoms. The summed E-state index contributed by atoms with van der Waals surface area (Å²) in [5.41, 5.74) is 3.12. The van der Waals surface area contributed by atoms with Gasteiger partial charge in [-0.15, -0.1) is 0 Å². The first kappa shape index (κ1) is 22.0. The standard InChI is InChI=1S/C19H19FN4O.C2HF3O2/c20-13-9-12(10-14(11-13)24-7-5-21-6-8-24)15-1-4-22-17-16(15)19(2-3-19)18(25)23-17;3-2(4,5)1(6)7/h1,4,9-11,21H,2-3,5-8H2,(H,22,23,25);(H,6,7). The van der Waals surface area contributed by atoms with E-state index in [-0.39, 0.29) is 11.7 Å². The number of halogens is 4. The summed E-state index contributed by atoms with van der Waals surface area (Å²) >= 11 is 0. The molecular formula is C21H20F4N4O3. The molecule has 3 N–H and O–H groups in total. The van der Waals surface area contributed by atoms with Crippen molar-refractivity contribution >= 4 is 23.4 Å². The van der Waals surface area contributed by atoms with Crippen LogP contribution in [-0.2, 0) is 15.0 Å². The maximum atomic E-state index is 14.4. The van der Waals surface area contributed by atoms with Gasteiger partial charge in [0, 0.05) is 43.6 Å². The molecule has 1 spiro atoms. The lowest BCUT2D eigenvalue weighted by Gasteiger charge is -2.30. The van der Waals surface area contributed by atoms with Crippen LogP contribution in [0.3, 0.4) is 0 Å². The molecule has 0 radical (unpaired) electrons. The average Bonchev–Trinajstić information content (AvgIpc) is 3.50. The third-order valence-corrected chi connectivity index (χ3v) is 5.76. The zero-order valence-corrected chi connectivity index (χ0v) is 16.8. The van der Waals surface area contributed by atoms with E-state index in [1.54, 1.807) is 18.3 Å². The van der Waals surface area contributed by atoms with Gasteiger partial charge in [-0.25, -0.2) is 14.2 Å². The molecule has 11 heteroatoms. The van der Waals surface area contributed by atoms with Crippen molar-refractivity contribution in [1.29, 1.82) is 0 Å². The molecule has 2 fully saturated rings. The number of hydrogen-bond acceptors (Lipinski definition) is 5. The lowest BCUT2D eigenvalue weighted by molar-refractivity contribution is -0.192. The second kappa shape index (κ2) is 8.05. The molecule has 2 aliphatic heterocycles. The lowest BCUT2D eigenvalue weighted by atomic mass is 9.90. The van der Waals surface area contributed by atoms with Gasteiger partial charge in [0.05, 0.1) is 5.41 Å². The van der Waals surface area contributed by atoms with Crippen LogP contribution in [-0.4, -0.2) is 54.3 Å². The molecule has 1 saturated heterocycles. The highest BCUT2D eigenvalue weighted by atomic mass is 19.4. The summed E-state index contributed by atoms with van der Waals surface area (Å²) in [6, 6.07) is 7.07. The van der Waals surface area contributed by atoms with E-state index in [9.17, 15) is 22.4 Å². The third kappa shape index (κ3) is 4.12. The Bertz CT molecular complexity index is 1060. The summed E-state index contributed by atoms with van der Waals surface area (Å²) in [4.78, 5) is 27.8. The number of anilines is 2. The molecule has 3 heterocycles. The van der Waals surface area contributed by atoms with Gasteiger partial charge in [-0.1, -0.05) is 0 Å². The maximum absolute atomic E-state index is 14.4. The fourth-order valence-electron chi connectivity index (χ4n) is 4.06. The van der Waals surface area contributed by atoms with Gasteiger partial charge >= 0.3 is 12.1 Å². The van der Waals surface area contributed by atoms with Gasteiger partial charge in [-0.2, -0.15) is 13.2 Å². The second-order valence-electron chi connectivity index (χ2n) is 7.86. The van der Waals surface area contributed by atoms with Crippen molar-refractivity contribution in [3.63, 3.8) is 0 Å². The van der Waals surface area contributed by atoms with Crippen LogP contribution in [0.15, 0.2) is 30.5 Å². The van der Waals surface area contributed by atoms with Gasteiger partial charge in [-0.3, -0.25) is 4.79 Å². The first-order valence-corrected chi connectivity index (χ1v) is 9.99. The van der Waals surface area contributed by atoms with Crippen LogP contribution in [0.1, 0.15) is 18.4 Å². The van der Waals surface area contributed by atoms with Gasteiger partial charge in [0.25, 0.3) is 0 Å². The van der Waals surface area contributed by atoms with Crippen molar-refractivity contribution in [2.45, 2.75) is 24.4 Å². The van der Waals surface area contributed by atoms with Crippen molar-refractivity contribution in [3.8, 4) is 11.1 Å². The van der Waals surface area contributed by atoms with E-state index in [0.717, 1.165) is 61.4 Å². The second-order valence-corrected chi connectivity index (χ2v) is 7.86. The van der Waals surface area contributed by atoms with Crippen LogP contribution in [0.2, 0.25) is 0 Å². The number of aliphatic carboxylic acids is 1. The highest BCUT2D eigenvalue weighted by molar-refractivity contribution is 6.09. The largest absolute Gasteiger partial charge is 0.490 e. The SMILES string of the molecule is O=C(O)C(F)(F)F.O=C1Nc2nccc(-c3cc(F)cc(N4CCNCC4)c3)c2C12CC2. The van der Waals surface area contributed by atoms with Crippen LogP contribution in [0, 0.1) is 5.82 Å². The summed E-state index contributed by atoms with van der Waals surface area (Å²) in [5, 5.41) is 13.3. The molecule has 1 amide bonds. The van der Waals surface area contributed by atoms with Gasteiger partial charge in [0.2, 0.25) is 5.91 Å². The quantitative estimate of drug-likeness (QED) is 0.607. The number of piperazine rings is 1. The molecule has 7 nitrogen and oxygen atoms in total. The zero-order chi connectivity index (χ0) is 23.1. The summed E-state index contributed by atoms with van der Waals surface area (Å²) in [6.07, 6.45) is -1.72. The maximum Gasteiger partial charge on any atom is 0.490 e. The normalized spacial score (nSPS) is 18.5. The Balaban J connectivity index is 0.000000307. The van der Waals surface area contributed by atoms with Gasteiger partial charge in [-0.05, 0) is 48.2 Å². The number of amides is 1. The molecule has 1 aromatic carbocycles. The average molecular weight is 452 g/mol. The number of fused-ring (bicyclic) bond motifs is 2. The summed E-state index contributed by atoms with van der Waals surface area (Å²) in [6.45, 7) is 3.53. The Labute approximate surface area is 180 Å². The number of carboxylic acid groups (broad SMARTS) is 1. The number of alkyl halides is 3. The van der Waals surface area contributed by atoms with E-state index in [0.29, 0.717) is 5.82 Å². The Morgan fingerprint density at radius 2 is 1.81 bits per heavy atom. The fourth-order valence-corrected chi connectivity index (χ4v) is 4.06. The number of pyridine rings is 1. The molecule has 1 saturated carbocycles. The van der Waals surface area contributed by atoms with E-state index in [1.165, 1.54) is 0 Å². The predicted molar refractivity (Wildman–Crippen MR) is 108 cm³/mol. The minimum Gasteiger partial charge on any atom is -0.475 e. The van der Waals surface area contributed by atoms with E-state index < -0.39 is 17.6 Å². The van der Waals surface area contributed by atoms with Crippen LogP contribution in [0.4, 0.5) is 29.1 Å². The Kier molecular flexibility index (Phi) is 5.53. The minimum atomic E-state index is -5.08. The molecule has 170 valence electrons. The molecule has 0 unspecified atom stereocenters. The highest BCUT2D eigenvalue weighted by Gasteiger charge is 2.58. The molecule has 0 atom stereocenters. The first-order valence-electron chi connectivity index (χ1n) is 9.99. The van der Waals surface area contributed by atoms with Crippen molar-refractivity contribution in [2.75, 3.05) is 36.4 Å². The third-order valence-electron chi connectivity index (χ3n) is 5.76. The van der Waals surface area contributed by atoms with Crippen LogP contribution in [0.5, 0.6) is 0 Å². The summed E-state index contributed by atoms with van der Waals surface area (Å²) < 4.78 is 46.1. The molecule has 3 aliphatic rings. The predicted octanol–water partition coefficient (Wildman–Crippen LogP) is 2.91. The Hall–Kier alpha value is -3.21. The fraction of sp³-hybridized carbons (Fsp3) is 0.381. The Morgan fingerprint density at radius 1 is 1.16 bits per heavy atom. The van der Waals surface area contributed by atoms with E-state index in [4.69, 9.17) is 9.90 Å². The smallest absolute Gasteiger partial charge is 0.475 e. The number of nitrogens with zero attached hydrogens (tertiary/aromatic N) is 2. The number of hydrogen-bond donors (Lipinski definition) is 3. The number of carboxylic acids is 1. The van der Waals surface area contributed by atoms with E-state index in [2.05, 4.69) is 20.5 Å². The van der Waals surface area contributed by atoms with Crippen LogP contribution < -0.4 is 15.5 Å². The van der Waals surface area contributed by atoms with Crippen molar-refractivity contribution in [2.24, 2.45) is 0 Å². The first-order chi connectivity index (χ1) is 15.1. The van der Waals surface area contributed by atoms with E-state index in [1.807, 2.05) is 12.1 Å². The van der Waals surface area contributed by atoms with Gasteiger partial charge in [0.1, 0.15) is 11.6 Å². The molecule has 2 aromatic rings. The summed E-state index contributed by atoms with van der Waals surface area (Å²) in [5.74, 6) is -2.35. The number of aromatic nitrogens is 1. The number of nitrogens with one attached hydrogen (secondary N) is 2. The zero-order valence-electron chi connectivity index (χ0n) is 16.8. The number of carbonyl (C=O) groups is 2. The van der Waals surface area contributed by atoms with Crippen molar-refractivity contribution in [1.82, 2.24) is 10.3 Å². The van der Waals surface area contributed by atoms with Crippen LogP contribution >= 0.6 is 0 Å². The van der Waals surface area contributed by atoms with Crippen LogP contribution in [0.25, 0.3) is 11.1 Å². The molecule has 1 aliphatic carbocycles. The highest BCUT2D eigenvalue weighted by Crippen LogP contribution is 2.57. The van der Waals surface area contributed by atoms with E-state index >= 15 is 0 Å². The minimum absolute atomic E-state index is 0.0289. The van der Waals surface area contributed by atoms with Gasteiger partial charge < -0.3 is 20.6 Å². The topological polar surface area (TPSA) is 94.6 Å². The number of rotatable bonds is 2. The van der Waals surface area contributed by atoms with Crippen molar-refractivity contribution < 1.29 is 32.3 Å². The lowest BCUT2D eigenvalue weighted by Crippen LogP contribution is -2.43.